The Hall–Kier alpha value is -6.62. The number of imidazole rings is 2. The van der Waals surface area contributed by atoms with E-state index in [-0.39, 0.29) is 5.41 Å². The lowest BCUT2D eigenvalue weighted by Crippen LogP contribution is -2.25. The van der Waals surface area contributed by atoms with Crippen LogP contribution < -0.4 is 0 Å². The maximum atomic E-state index is 5.04. The molecule has 1 aliphatic rings. The van der Waals surface area contributed by atoms with Gasteiger partial charge in [0.15, 0.2) is 0 Å². The van der Waals surface area contributed by atoms with Crippen LogP contribution in [0.3, 0.4) is 0 Å². The average molecular weight is 711 g/mol. The molecule has 266 valence electrons. The zero-order valence-electron chi connectivity index (χ0n) is 31.4. The summed E-state index contributed by atoms with van der Waals surface area (Å²) >= 11 is 0. The molecule has 0 aliphatic heterocycles. The summed E-state index contributed by atoms with van der Waals surface area (Å²) in [6.45, 7) is 4.60. The molecular formula is C51H42N4. The molecule has 4 heterocycles. The lowest BCUT2D eigenvalue weighted by molar-refractivity contribution is 0.414. The van der Waals surface area contributed by atoms with Gasteiger partial charge in [0.2, 0.25) is 0 Å². The highest BCUT2D eigenvalue weighted by Crippen LogP contribution is 2.54. The maximum Gasteiger partial charge on any atom is 0.146 e. The zero-order valence-corrected chi connectivity index (χ0v) is 31.4. The van der Waals surface area contributed by atoms with Crippen LogP contribution in [-0.2, 0) is 5.41 Å². The van der Waals surface area contributed by atoms with Crippen molar-refractivity contribution in [2.45, 2.75) is 57.8 Å². The molecule has 0 unspecified atom stereocenters. The Morgan fingerprint density at radius 2 is 0.927 bits per heavy atom. The second kappa shape index (κ2) is 14.7. The largest absolute Gasteiger partial charge is 0.298 e. The molecular weight excluding hydrogens is 669 g/mol. The molecule has 4 aromatic carbocycles. The number of hydrogen-bond acceptors (Lipinski definition) is 2. The number of fused-ring (bicyclic) bond motifs is 5. The molecule has 4 heteroatoms. The molecule has 0 radical (unpaired) electrons. The molecule has 1 aliphatic carbocycles. The molecule has 0 N–H and O–H groups in total. The summed E-state index contributed by atoms with van der Waals surface area (Å²) in [7, 11) is 0. The lowest BCUT2D eigenvalue weighted by atomic mass is 9.70. The number of aromatic nitrogens is 4. The number of pyridine rings is 2. The van der Waals surface area contributed by atoms with Crippen LogP contribution in [0.2, 0.25) is 0 Å². The first-order valence-electron chi connectivity index (χ1n) is 19.6. The fourth-order valence-corrected chi connectivity index (χ4v) is 8.38. The molecule has 0 saturated carbocycles. The van der Waals surface area contributed by atoms with Crippen LogP contribution in [0, 0.1) is 23.7 Å². The molecule has 0 bridgehead atoms. The van der Waals surface area contributed by atoms with E-state index in [1.165, 1.54) is 22.3 Å². The average Bonchev–Trinajstić information content (AvgIpc) is 3.89. The molecule has 0 spiro atoms. The van der Waals surface area contributed by atoms with Gasteiger partial charge in [-0.1, -0.05) is 136 Å². The highest BCUT2D eigenvalue weighted by Gasteiger charge is 2.42. The molecule has 0 atom stereocenters. The third-order valence-corrected chi connectivity index (χ3v) is 11.1. The highest BCUT2D eigenvalue weighted by molar-refractivity contribution is 5.83. The van der Waals surface area contributed by atoms with Crippen LogP contribution in [0.4, 0.5) is 0 Å². The fourth-order valence-electron chi connectivity index (χ4n) is 8.38. The van der Waals surface area contributed by atoms with E-state index in [1.54, 1.807) is 0 Å². The minimum atomic E-state index is -0.102. The van der Waals surface area contributed by atoms with E-state index in [2.05, 4.69) is 168 Å². The van der Waals surface area contributed by atoms with Crippen molar-refractivity contribution in [1.29, 1.82) is 0 Å². The molecule has 55 heavy (non-hydrogen) atoms. The second-order valence-corrected chi connectivity index (χ2v) is 14.5. The first-order chi connectivity index (χ1) is 27.2. The molecule has 0 saturated heterocycles. The number of rotatable bonds is 8. The summed E-state index contributed by atoms with van der Waals surface area (Å²) in [5.41, 5.74) is 13.1. The third kappa shape index (κ3) is 6.21. The van der Waals surface area contributed by atoms with Gasteiger partial charge >= 0.3 is 0 Å². The highest BCUT2D eigenvalue weighted by atomic mass is 15.0. The number of nitrogens with zero attached hydrogens (tertiary/aromatic N) is 4. The Kier molecular flexibility index (Phi) is 9.11. The molecule has 0 amide bonds. The summed E-state index contributed by atoms with van der Waals surface area (Å²) in [6, 6.07) is 46.8. The van der Waals surface area contributed by atoms with Crippen molar-refractivity contribution in [2.75, 3.05) is 0 Å². The Bertz CT molecular complexity index is 2600. The van der Waals surface area contributed by atoms with Gasteiger partial charge in [0.1, 0.15) is 23.0 Å². The van der Waals surface area contributed by atoms with Crippen molar-refractivity contribution in [3.63, 3.8) is 0 Å². The summed E-state index contributed by atoms with van der Waals surface area (Å²) in [6.07, 6.45) is 10.9. The maximum absolute atomic E-state index is 5.04. The summed E-state index contributed by atoms with van der Waals surface area (Å²) in [4.78, 5) is 10.1. The van der Waals surface area contributed by atoms with Crippen molar-refractivity contribution >= 4 is 11.0 Å². The topological polar surface area (TPSA) is 34.6 Å². The molecule has 4 nitrogen and oxygen atoms in total. The van der Waals surface area contributed by atoms with E-state index >= 15 is 0 Å². The van der Waals surface area contributed by atoms with Crippen molar-refractivity contribution < 1.29 is 0 Å². The van der Waals surface area contributed by atoms with Crippen molar-refractivity contribution in [1.82, 2.24) is 18.8 Å². The fraction of sp³-hybridized carbons (Fsp3) is 0.176. The molecule has 9 rings (SSSR count). The van der Waals surface area contributed by atoms with E-state index in [9.17, 15) is 0 Å². The van der Waals surface area contributed by atoms with Crippen molar-refractivity contribution in [3.05, 3.63) is 179 Å². The van der Waals surface area contributed by atoms with Crippen LogP contribution in [-0.4, -0.2) is 18.8 Å². The summed E-state index contributed by atoms with van der Waals surface area (Å²) in [5, 5.41) is 0. The molecule has 8 aromatic rings. The van der Waals surface area contributed by atoms with Gasteiger partial charge in [-0.05, 0) is 95.5 Å². The van der Waals surface area contributed by atoms with Gasteiger partial charge in [-0.15, -0.1) is 0 Å². The van der Waals surface area contributed by atoms with E-state index in [4.69, 9.17) is 9.97 Å². The number of unbranched alkanes of at least 4 members (excludes halogenated alkanes) is 2. The Labute approximate surface area is 323 Å². The molecule has 0 fully saturated rings. The van der Waals surface area contributed by atoms with Gasteiger partial charge in [-0.2, -0.15) is 0 Å². The normalized spacial score (nSPS) is 12.5. The Morgan fingerprint density at radius 1 is 0.491 bits per heavy atom. The van der Waals surface area contributed by atoms with Crippen LogP contribution in [0.5, 0.6) is 0 Å². The van der Waals surface area contributed by atoms with Gasteiger partial charge in [0.05, 0.1) is 11.0 Å². The third-order valence-electron chi connectivity index (χ3n) is 11.1. The van der Waals surface area contributed by atoms with Crippen LogP contribution in [0.1, 0.15) is 86.0 Å². The Morgan fingerprint density at radius 3 is 1.36 bits per heavy atom. The predicted octanol–water partition coefficient (Wildman–Crippen LogP) is 11.8. The first-order valence-corrected chi connectivity index (χ1v) is 19.6. The van der Waals surface area contributed by atoms with Crippen molar-refractivity contribution in [2.24, 2.45) is 0 Å². The van der Waals surface area contributed by atoms with E-state index < -0.39 is 0 Å². The SMILES string of the molecule is CCCCC1(CCCC)c2cc(C#Cc3nc(-c4ccccc4)n4ccccc34)ccc2-c2ccc(C#Cc3nc(-c4ccccc4)n4ccccc34)cc21. The van der Waals surface area contributed by atoms with Gasteiger partial charge in [0, 0.05) is 40.1 Å². The lowest BCUT2D eigenvalue weighted by Gasteiger charge is -2.33. The van der Waals surface area contributed by atoms with Crippen LogP contribution >= 0.6 is 0 Å². The van der Waals surface area contributed by atoms with Gasteiger partial charge < -0.3 is 0 Å². The molecule has 4 aromatic heterocycles. The smallest absolute Gasteiger partial charge is 0.146 e. The minimum Gasteiger partial charge on any atom is -0.298 e. The standard InChI is InChI=1S/C51H42N4/c1-3-5-31-51(32-6-4-2)43-35-37(25-29-45-47-21-13-15-33-54(47)49(52-45)39-17-9-7-10-18-39)23-27-41(43)42-28-24-38(36-44(42)51)26-30-46-48-22-14-16-34-55(48)50(53-46)40-19-11-8-12-20-40/h7-24,27-28,33-36H,3-6,31-32H2,1-2H3. The second-order valence-electron chi connectivity index (χ2n) is 14.5. The van der Waals surface area contributed by atoms with E-state index in [0.29, 0.717) is 0 Å². The van der Waals surface area contributed by atoms with Crippen LogP contribution in [0.25, 0.3) is 44.9 Å². The zero-order chi connectivity index (χ0) is 37.2. The Balaban J connectivity index is 1.12. The van der Waals surface area contributed by atoms with Crippen LogP contribution in [0.15, 0.2) is 146 Å². The quantitative estimate of drug-likeness (QED) is 0.147. The predicted molar refractivity (Wildman–Crippen MR) is 225 cm³/mol. The van der Waals surface area contributed by atoms with Gasteiger partial charge in [0.25, 0.3) is 0 Å². The number of hydrogen-bond donors (Lipinski definition) is 0. The summed E-state index contributed by atoms with van der Waals surface area (Å²) in [5.74, 6) is 15.9. The first kappa shape index (κ1) is 34.2. The van der Waals surface area contributed by atoms with Gasteiger partial charge in [-0.3, -0.25) is 8.80 Å². The van der Waals surface area contributed by atoms with Crippen molar-refractivity contribution in [3.8, 4) is 57.6 Å². The van der Waals surface area contributed by atoms with E-state index in [0.717, 1.165) is 94.8 Å². The monoisotopic (exact) mass is 710 g/mol. The van der Waals surface area contributed by atoms with E-state index in [1.807, 2.05) is 24.3 Å². The summed E-state index contributed by atoms with van der Waals surface area (Å²) < 4.78 is 4.27. The van der Waals surface area contributed by atoms with Gasteiger partial charge in [-0.25, -0.2) is 9.97 Å². The minimum absolute atomic E-state index is 0.102. The number of benzene rings is 4.